The van der Waals surface area contributed by atoms with Gasteiger partial charge in [-0.15, -0.1) is 0 Å². The first-order valence-corrected chi connectivity index (χ1v) is 10.5. The maximum atomic E-state index is 13.1. The number of carbonyl (C=O) groups is 2. The Balaban J connectivity index is 1.84. The molecular formula is C25H22ClNO6. The molecule has 1 fully saturated rings. The van der Waals surface area contributed by atoms with Gasteiger partial charge in [0.1, 0.15) is 34.8 Å². The van der Waals surface area contributed by atoms with Crippen molar-refractivity contribution in [2.45, 2.75) is 19.5 Å². The van der Waals surface area contributed by atoms with Gasteiger partial charge < -0.3 is 23.9 Å². The zero-order chi connectivity index (χ0) is 23.7. The predicted molar refractivity (Wildman–Crippen MR) is 122 cm³/mol. The molecular weight excluding hydrogens is 446 g/mol. The molecule has 7 nitrogen and oxygen atoms in total. The Kier molecular flexibility index (Phi) is 6.16. The van der Waals surface area contributed by atoms with Crippen LogP contribution in [-0.2, 0) is 16.1 Å². The standard InChI is InChI=1S/C25H22ClNO6/c1-14-7-10-19(33-14)22-21(23(28)16-8-9-18(26)20(12-16)32-3)24(29)25(30)27(22)13-15-5-4-6-17(11-15)31-2/h4-12,22,28H,13H2,1-3H3/b23-21-. The highest BCUT2D eigenvalue weighted by Gasteiger charge is 2.47. The molecule has 0 saturated carbocycles. The molecule has 33 heavy (non-hydrogen) atoms. The average molecular weight is 468 g/mol. The molecule has 0 aliphatic carbocycles. The molecule has 0 spiro atoms. The van der Waals surface area contributed by atoms with E-state index in [1.807, 2.05) is 6.07 Å². The zero-order valence-electron chi connectivity index (χ0n) is 18.3. The number of aryl methyl sites for hydroxylation is 1. The summed E-state index contributed by atoms with van der Waals surface area (Å²) in [6.45, 7) is 1.88. The molecule has 1 amide bonds. The van der Waals surface area contributed by atoms with Crippen molar-refractivity contribution in [2.24, 2.45) is 0 Å². The Morgan fingerprint density at radius 3 is 2.55 bits per heavy atom. The van der Waals surface area contributed by atoms with Crippen molar-refractivity contribution in [3.8, 4) is 11.5 Å². The number of benzene rings is 2. The van der Waals surface area contributed by atoms with Crippen molar-refractivity contribution in [1.29, 1.82) is 0 Å². The fourth-order valence-corrected chi connectivity index (χ4v) is 4.06. The topological polar surface area (TPSA) is 89.2 Å². The lowest BCUT2D eigenvalue weighted by atomic mass is 9.99. The van der Waals surface area contributed by atoms with Crippen molar-refractivity contribution >= 4 is 29.1 Å². The zero-order valence-corrected chi connectivity index (χ0v) is 19.1. The number of ether oxygens (including phenoxy) is 2. The molecule has 0 radical (unpaired) electrons. The van der Waals surface area contributed by atoms with Crippen molar-refractivity contribution in [1.82, 2.24) is 4.90 Å². The lowest BCUT2D eigenvalue weighted by molar-refractivity contribution is -0.140. The first-order valence-electron chi connectivity index (χ1n) is 10.2. The number of Topliss-reactive ketones (excluding diaryl/α,β-unsaturated/α-hetero) is 1. The van der Waals surface area contributed by atoms with Crippen LogP contribution in [-0.4, -0.2) is 35.9 Å². The maximum Gasteiger partial charge on any atom is 0.296 e. The minimum atomic E-state index is -0.911. The molecule has 2 heterocycles. The fraction of sp³-hybridized carbons (Fsp3) is 0.200. The van der Waals surface area contributed by atoms with Gasteiger partial charge in [0.15, 0.2) is 0 Å². The minimum absolute atomic E-state index is 0.0679. The van der Waals surface area contributed by atoms with Gasteiger partial charge >= 0.3 is 0 Å². The minimum Gasteiger partial charge on any atom is -0.507 e. The van der Waals surface area contributed by atoms with E-state index in [1.54, 1.807) is 56.5 Å². The molecule has 1 aliphatic heterocycles. The number of aliphatic hydroxyl groups is 1. The number of likely N-dealkylation sites (tertiary alicyclic amines) is 1. The van der Waals surface area contributed by atoms with Crippen LogP contribution in [0, 0.1) is 6.92 Å². The highest BCUT2D eigenvalue weighted by atomic mass is 35.5. The Labute approximate surface area is 195 Å². The summed E-state index contributed by atoms with van der Waals surface area (Å²) in [5, 5.41) is 11.5. The maximum absolute atomic E-state index is 13.1. The molecule has 1 unspecified atom stereocenters. The van der Waals surface area contributed by atoms with Gasteiger partial charge in [-0.25, -0.2) is 0 Å². The molecule has 8 heteroatoms. The van der Waals surface area contributed by atoms with E-state index in [2.05, 4.69) is 0 Å². The van der Waals surface area contributed by atoms with Crippen LogP contribution >= 0.6 is 11.6 Å². The fourth-order valence-electron chi connectivity index (χ4n) is 3.87. The van der Waals surface area contributed by atoms with Crippen LogP contribution < -0.4 is 9.47 Å². The first-order chi connectivity index (χ1) is 15.8. The van der Waals surface area contributed by atoms with Crippen molar-refractivity contribution in [3.05, 3.63) is 87.8 Å². The quantitative estimate of drug-likeness (QED) is 0.316. The number of rotatable bonds is 6. The average Bonchev–Trinajstić information content (AvgIpc) is 3.35. The van der Waals surface area contributed by atoms with Crippen LogP contribution in [0.5, 0.6) is 11.5 Å². The number of amides is 1. The van der Waals surface area contributed by atoms with Crippen LogP contribution in [0.25, 0.3) is 5.76 Å². The molecule has 1 aliphatic rings. The summed E-state index contributed by atoms with van der Waals surface area (Å²) in [5.74, 6) is 0.0693. The molecule has 170 valence electrons. The molecule has 1 aromatic heterocycles. The largest absolute Gasteiger partial charge is 0.507 e. The number of aliphatic hydroxyl groups excluding tert-OH is 1. The number of hydrogen-bond donors (Lipinski definition) is 1. The highest BCUT2D eigenvalue weighted by molar-refractivity contribution is 6.46. The monoisotopic (exact) mass is 467 g/mol. The Bertz CT molecular complexity index is 1260. The third kappa shape index (κ3) is 4.19. The first kappa shape index (κ1) is 22.5. The summed E-state index contributed by atoms with van der Waals surface area (Å²) in [6, 6.07) is 14.4. The van der Waals surface area contributed by atoms with Gasteiger partial charge in [-0.3, -0.25) is 9.59 Å². The van der Waals surface area contributed by atoms with E-state index in [0.717, 1.165) is 5.56 Å². The Hall–Kier alpha value is -3.71. The van der Waals surface area contributed by atoms with E-state index in [4.69, 9.17) is 25.5 Å². The van der Waals surface area contributed by atoms with Crippen LogP contribution in [0.1, 0.15) is 28.7 Å². The van der Waals surface area contributed by atoms with E-state index in [1.165, 1.54) is 18.1 Å². The summed E-state index contributed by atoms with van der Waals surface area (Å²) >= 11 is 6.10. The summed E-state index contributed by atoms with van der Waals surface area (Å²) in [6.07, 6.45) is 0. The predicted octanol–water partition coefficient (Wildman–Crippen LogP) is 4.88. The number of ketones is 1. The lowest BCUT2D eigenvalue weighted by Crippen LogP contribution is -2.29. The second-order valence-corrected chi connectivity index (χ2v) is 7.98. The Morgan fingerprint density at radius 1 is 1.09 bits per heavy atom. The summed E-state index contributed by atoms with van der Waals surface area (Å²) in [7, 11) is 3.00. The number of methoxy groups -OCH3 is 2. The summed E-state index contributed by atoms with van der Waals surface area (Å²) in [5.41, 5.74) is 0.989. The van der Waals surface area contributed by atoms with Gasteiger partial charge in [0.05, 0.1) is 24.8 Å². The summed E-state index contributed by atoms with van der Waals surface area (Å²) < 4.78 is 16.3. The molecule has 1 atom stereocenters. The number of nitrogens with zero attached hydrogens (tertiary/aromatic N) is 1. The Morgan fingerprint density at radius 2 is 1.88 bits per heavy atom. The number of hydrogen-bond acceptors (Lipinski definition) is 6. The van der Waals surface area contributed by atoms with Crippen LogP contribution in [0.3, 0.4) is 0 Å². The molecule has 2 aromatic carbocycles. The van der Waals surface area contributed by atoms with E-state index >= 15 is 0 Å². The van der Waals surface area contributed by atoms with Crippen LogP contribution in [0.4, 0.5) is 0 Å². The smallest absolute Gasteiger partial charge is 0.296 e. The molecule has 4 rings (SSSR count). The van der Waals surface area contributed by atoms with Crippen LogP contribution in [0.15, 0.2) is 64.6 Å². The number of halogens is 1. The van der Waals surface area contributed by atoms with Gasteiger partial charge in [-0.1, -0.05) is 23.7 Å². The molecule has 3 aromatic rings. The third-order valence-electron chi connectivity index (χ3n) is 5.48. The van der Waals surface area contributed by atoms with Crippen molar-refractivity contribution < 1.29 is 28.6 Å². The molecule has 0 bridgehead atoms. The third-order valence-corrected chi connectivity index (χ3v) is 5.79. The van der Waals surface area contributed by atoms with Gasteiger partial charge in [-0.2, -0.15) is 0 Å². The van der Waals surface area contributed by atoms with Gasteiger partial charge in [-0.05, 0) is 55.0 Å². The number of furan rings is 1. The van der Waals surface area contributed by atoms with Crippen molar-refractivity contribution in [2.75, 3.05) is 14.2 Å². The SMILES string of the molecule is COc1cccc(CN2C(=O)C(=O)/C(=C(\O)c3ccc(Cl)c(OC)c3)C2c2ccc(C)o2)c1. The molecule has 1 saturated heterocycles. The lowest BCUT2D eigenvalue weighted by Gasteiger charge is -2.23. The van der Waals surface area contributed by atoms with Crippen molar-refractivity contribution in [3.63, 3.8) is 0 Å². The summed E-state index contributed by atoms with van der Waals surface area (Å²) in [4.78, 5) is 27.6. The number of carbonyl (C=O) groups excluding carboxylic acids is 2. The normalized spacial score (nSPS) is 17.5. The van der Waals surface area contributed by atoms with Gasteiger partial charge in [0.2, 0.25) is 0 Å². The van der Waals surface area contributed by atoms with E-state index in [9.17, 15) is 14.7 Å². The van der Waals surface area contributed by atoms with E-state index < -0.39 is 17.7 Å². The van der Waals surface area contributed by atoms with Gasteiger partial charge in [0.25, 0.3) is 11.7 Å². The highest BCUT2D eigenvalue weighted by Crippen LogP contribution is 2.41. The van der Waals surface area contributed by atoms with E-state index in [-0.39, 0.29) is 17.9 Å². The molecule has 1 N–H and O–H groups in total. The van der Waals surface area contributed by atoms with Gasteiger partial charge in [0, 0.05) is 12.1 Å². The van der Waals surface area contributed by atoms with E-state index in [0.29, 0.717) is 33.6 Å². The second-order valence-electron chi connectivity index (χ2n) is 7.58. The van der Waals surface area contributed by atoms with Crippen LogP contribution in [0.2, 0.25) is 5.02 Å². The second kappa shape index (κ2) is 9.03.